The number of rotatable bonds is 3. The molecule has 0 unspecified atom stereocenters. The molecule has 0 aromatic heterocycles. The number of allylic oxidation sites excluding steroid dienone is 1. The smallest absolute Gasteiger partial charge is 0.310 e. The SMILES string of the molecule is C=C(C)CC1(C(=O)O)CCN(C)CC1. The molecular formula is C11H19NO2. The summed E-state index contributed by atoms with van der Waals surface area (Å²) in [4.78, 5) is 13.4. The maximum absolute atomic E-state index is 11.3. The Morgan fingerprint density at radius 3 is 2.36 bits per heavy atom. The van der Waals surface area contributed by atoms with Gasteiger partial charge in [-0.3, -0.25) is 4.79 Å². The van der Waals surface area contributed by atoms with Gasteiger partial charge in [-0.25, -0.2) is 0 Å². The van der Waals surface area contributed by atoms with E-state index in [-0.39, 0.29) is 0 Å². The highest BCUT2D eigenvalue weighted by Crippen LogP contribution is 2.37. The second kappa shape index (κ2) is 4.13. The lowest BCUT2D eigenvalue weighted by Crippen LogP contribution is -2.43. The van der Waals surface area contributed by atoms with Crippen LogP contribution >= 0.6 is 0 Å². The minimum absolute atomic E-state index is 0.543. The summed E-state index contributed by atoms with van der Waals surface area (Å²) in [5.74, 6) is -0.659. The third-order valence-corrected chi connectivity index (χ3v) is 3.04. The first-order chi connectivity index (χ1) is 6.46. The number of piperidine rings is 1. The molecule has 1 fully saturated rings. The zero-order chi connectivity index (χ0) is 10.8. The van der Waals surface area contributed by atoms with Crippen LogP contribution in [0.5, 0.6) is 0 Å². The molecule has 1 saturated heterocycles. The Morgan fingerprint density at radius 1 is 1.50 bits per heavy atom. The van der Waals surface area contributed by atoms with E-state index < -0.39 is 11.4 Å². The van der Waals surface area contributed by atoms with Gasteiger partial charge in [-0.1, -0.05) is 5.57 Å². The Balaban J connectivity index is 2.73. The van der Waals surface area contributed by atoms with E-state index >= 15 is 0 Å². The number of likely N-dealkylation sites (tertiary alicyclic amines) is 1. The Bertz CT molecular complexity index is 240. The van der Waals surface area contributed by atoms with Crippen molar-refractivity contribution in [3.05, 3.63) is 12.2 Å². The van der Waals surface area contributed by atoms with Crippen molar-refractivity contribution in [1.29, 1.82) is 0 Å². The number of hydrogen-bond donors (Lipinski definition) is 1. The van der Waals surface area contributed by atoms with Gasteiger partial charge in [0, 0.05) is 0 Å². The van der Waals surface area contributed by atoms with Crippen LogP contribution in [-0.2, 0) is 4.79 Å². The Hall–Kier alpha value is -0.830. The summed E-state index contributed by atoms with van der Waals surface area (Å²) in [6.45, 7) is 7.47. The largest absolute Gasteiger partial charge is 0.481 e. The molecule has 0 radical (unpaired) electrons. The predicted molar refractivity (Wildman–Crippen MR) is 56.2 cm³/mol. The summed E-state index contributed by atoms with van der Waals surface area (Å²) in [5, 5.41) is 9.26. The van der Waals surface area contributed by atoms with E-state index in [1.54, 1.807) is 0 Å². The van der Waals surface area contributed by atoms with Gasteiger partial charge in [-0.05, 0) is 46.3 Å². The molecule has 0 spiro atoms. The van der Waals surface area contributed by atoms with Crippen molar-refractivity contribution in [2.45, 2.75) is 26.2 Å². The Morgan fingerprint density at radius 2 is 2.00 bits per heavy atom. The molecule has 3 nitrogen and oxygen atoms in total. The highest BCUT2D eigenvalue weighted by Gasteiger charge is 2.40. The fourth-order valence-electron chi connectivity index (χ4n) is 2.09. The van der Waals surface area contributed by atoms with Crippen molar-refractivity contribution in [1.82, 2.24) is 4.90 Å². The summed E-state index contributed by atoms with van der Waals surface area (Å²) in [6.07, 6.45) is 2.10. The number of nitrogens with zero attached hydrogens (tertiary/aromatic N) is 1. The maximum Gasteiger partial charge on any atom is 0.310 e. The quantitative estimate of drug-likeness (QED) is 0.701. The lowest BCUT2D eigenvalue weighted by molar-refractivity contribution is -0.151. The van der Waals surface area contributed by atoms with Crippen LogP contribution in [0, 0.1) is 5.41 Å². The lowest BCUT2D eigenvalue weighted by Gasteiger charge is -2.37. The van der Waals surface area contributed by atoms with Crippen LogP contribution in [0.3, 0.4) is 0 Å². The third kappa shape index (κ3) is 2.35. The summed E-state index contributed by atoms with van der Waals surface area (Å²) >= 11 is 0. The molecule has 0 bridgehead atoms. The van der Waals surface area contributed by atoms with E-state index in [1.165, 1.54) is 0 Å². The minimum Gasteiger partial charge on any atom is -0.481 e. The van der Waals surface area contributed by atoms with E-state index in [9.17, 15) is 9.90 Å². The fraction of sp³-hybridized carbons (Fsp3) is 0.727. The molecule has 0 aromatic carbocycles. The van der Waals surface area contributed by atoms with Gasteiger partial charge in [0.1, 0.15) is 0 Å². The van der Waals surface area contributed by atoms with Crippen LogP contribution in [0.25, 0.3) is 0 Å². The zero-order valence-electron chi connectivity index (χ0n) is 9.05. The summed E-state index contributed by atoms with van der Waals surface area (Å²) in [6, 6.07) is 0. The molecule has 1 N–H and O–H groups in total. The third-order valence-electron chi connectivity index (χ3n) is 3.04. The number of carboxylic acids is 1. The molecule has 1 heterocycles. The van der Waals surface area contributed by atoms with Crippen LogP contribution in [0.15, 0.2) is 12.2 Å². The second-order valence-electron chi connectivity index (χ2n) is 4.52. The van der Waals surface area contributed by atoms with E-state index in [2.05, 4.69) is 11.5 Å². The van der Waals surface area contributed by atoms with Crippen molar-refractivity contribution >= 4 is 5.97 Å². The summed E-state index contributed by atoms with van der Waals surface area (Å²) < 4.78 is 0. The van der Waals surface area contributed by atoms with E-state index in [4.69, 9.17) is 0 Å². The van der Waals surface area contributed by atoms with Crippen molar-refractivity contribution in [2.75, 3.05) is 20.1 Å². The van der Waals surface area contributed by atoms with E-state index in [0.29, 0.717) is 6.42 Å². The van der Waals surface area contributed by atoms with E-state index in [0.717, 1.165) is 31.5 Å². The first-order valence-corrected chi connectivity index (χ1v) is 5.03. The van der Waals surface area contributed by atoms with Crippen molar-refractivity contribution in [3.8, 4) is 0 Å². The molecule has 0 aromatic rings. The molecule has 0 saturated carbocycles. The lowest BCUT2D eigenvalue weighted by atomic mass is 9.74. The topological polar surface area (TPSA) is 40.5 Å². The van der Waals surface area contributed by atoms with Crippen molar-refractivity contribution in [3.63, 3.8) is 0 Å². The molecule has 0 amide bonds. The average Bonchev–Trinajstić information content (AvgIpc) is 2.08. The average molecular weight is 197 g/mol. The van der Waals surface area contributed by atoms with Crippen molar-refractivity contribution < 1.29 is 9.90 Å². The fourth-order valence-corrected chi connectivity index (χ4v) is 2.09. The first-order valence-electron chi connectivity index (χ1n) is 5.03. The normalized spacial score (nSPS) is 21.9. The van der Waals surface area contributed by atoms with Gasteiger partial charge in [0.25, 0.3) is 0 Å². The van der Waals surface area contributed by atoms with Crippen LogP contribution in [0.2, 0.25) is 0 Å². The molecule has 0 atom stereocenters. The Kier molecular flexibility index (Phi) is 3.32. The standard InChI is InChI=1S/C11H19NO2/c1-9(2)8-11(10(13)14)4-6-12(3)7-5-11/h1,4-8H2,2-3H3,(H,13,14). The van der Waals surface area contributed by atoms with Gasteiger partial charge in [0.05, 0.1) is 5.41 Å². The second-order valence-corrected chi connectivity index (χ2v) is 4.52. The van der Waals surface area contributed by atoms with Crippen LogP contribution < -0.4 is 0 Å². The molecule has 1 aliphatic heterocycles. The number of hydrogen-bond acceptors (Lipinski definition) is 2. The van der Waals surface area contributed by atoms with E-state index in [1.807, 2.05) is 14.0 Å². The monoisotopic (exact) mass is 197 g/mol. The summed E-state index contributed by atoms with van der Waals surface area (Å²) in [5.41, 5.74) is 0.426. The molecule has 1 rings (SSSR count). The minimum atomic E-state index is -0.659. The highest BCUT2D eigenvalue weighted by atomic mass is 16.4. The van der Waals surface area contributed by atoms with Crippen molar-refractivity contribution in [2.24, 2.45) is 5.41 Å². The van der Waals surface area contributed by atoms with Gasteiger partial charge >= 0.3 is 5.97 Å². The van der Waals surface area contributed by atoms with Crippen LogP contribution in [0.1, 0.15) is 26.2 Å². The van der Waals surface area contributed by atoms with Gasteiger partial charge in [-0.2, -0.15) is 0 Å². The van der Waals surface area contributed by atoms with Gasteiger partial charge in [0.2, 0.25) is 0 Å². The highest BCUT2D eigenvalue weighted by molar-refractivity contribution is 5.75. The van der Waals surface area contributed by atoms with Gasteiger partial charge in [-0.15, -0.1) is 6.58 Å². The van der Waals surface area contributed by atoms with Gasteiger partial charge < -0.3 is 10.0 Å². The summed E-state index contributed by atoms with van der Waals surface area (Å²) in [7, 11) is 2.03. The molecule has 80 valence electrons. The Labute approximate surface area is 85.4 Å². The molecule has 0 aliphatic carbocycles. The molecule has 14 heavy (non-hydrogen) atoms. The molecule has 1 aliphatic rings. The van der Waals surface area contributed by atoms with Crippen LogP contribution in [-0.4, -0.2) is 36.1 Å². The predicted octanol–water partition coefficient (Wildman–Crippen LogP) is 1.75. The zero-order valence-corrected chi connectivity index (χ0v) is 9.05. The van der Waals surface area contributed by atoms with Gasteiger partial charge in [0.15, 0.2) is 0 Å². The van der Waals surface area contributed by atoms with Crippen LogP contribution in [0.4, 0.5) is 0 Å². The number of carbonyl (C=O) groups is 1. The maximum atomic E-state index is 11.3. The molecule has 3 heteroatoms. The number of carboxylic acid groups (broad SMARTS) is 1. The first kappa shape index (κ1) is 11.2. The molecular weight excluding hydrogens is 178 g/mol. The number of aliphatic carboxylic acids is 1.